The van der Waals surface area contributed by atoms with Crippen LogP contribution < -0.4 is 10.6 Å². The quantitative estimate of drug-likeness (QED) is 0.455. The lowest BCUT2D eigenvalue weighted by atomic mass is 10.1. The molecule has 0 amide bonds. The van der Waals surface area contributed by atoms with E-state index in [1.54, 1.807) is 12.1 Å². The molecule has 16 heavy (non-hydrogen) atoms. The summed E-state index contributed by atoms with van der Waals surface area (Å²) >= 11 is 0. The molecule has 0 aliphatic heterocycles. The number of benzene rings is 1. The van der Waals surface area contributed by atoms with Crippen LogP contribution >= 0.6 is 7.75 Å². The fraction of sp³-hybridized carbons (Fsp3) is 0.400. The van der Waals surface area contributed by atoms with Gasteiger partial charge in [-0.05, 0) is 30.5 Å². The van der Waals surface area contributed by atoms with Crippen molar-refractivity contribution in [2.75, 3.05) is 5.43 Å². The van der Waals surface area contributed by atoms with Gasteiger partial charge in [0.2, 0.25) is 0 Å². The molecule has 1 rings (SSSR count). The van der Waals surface area contributed by atoms with E-state index in [-0.39, 0.29) is 0 Å². The zero-order chi connectivity index (χ0) is 12.0. The van der Waals surface area contributed by atoms with Crippen molar-refractivity contribution in [3.63, 3.8) is 0 Å². The molecule has 1 aromatic rings. The summed E-state index contributed by atoms with van der Waals surface area (Å²) in [6.45, 7) is 2.14. The summed E-state index contributed by atoms with van der Waals surface area (Å²) in [7, 11) is -4.22. The molecular weight excluding hydrogens is 227 g/mol. The molecule has 6 heteroatoms. The van der Waals surface area contributed by atoms with Crippen molar-refractivity contribution < 1.29 is 14.4 Å². The van der Waals surface area contributed by atoms with Crippen LogP contribution in [0.15, 0.2) is 24.3 Å². The van der Waals surface area contributed by atoms with Crippen LogP contribution in [0.5, 0.6) is 0 Å². The third-order valence-corrected chi connectivity index (χ3v) is 2.52. The Balaban J connectivity index is 2.48. The number of rotatable bonds is 6. The summed E-state index contributed by atoms with van der Waals surface area (Å²) in [6.07, 6.45) is 3.33. The summed E-state index contributed by atoms with van der Waals surface area (Å²) in [5.74, 6) is 0. The van der Waals surface area contributed by atoms with Gasteiger partial charge in [-0.15, -0.1) is 5.20 Å². The van der Waals surface area contributed by atoms with E-state index in [9.17, 15) is 4.57 Å². The van der Waals surface area contributed by atoms with E-state index in [0.29, 0.717) is 5.69 Å². The van der Waals surface area contributed by atoms with E-state index in [1.165, 1.54) is 5.56 Å². The second-order valence-electron chi connectivity index (χ2n) is 3.58. The normalized spacial score (nSPS) is 11.4. The molecule has 1 aromatic carbocycles. The van der Waals surface area contributed by atoms with Crippen LogP contribution in [0.1, 0.15) is 25.3 Å². The van der Waals surface area contributed by atoms with Crippen molar-refractivity contribution in [3.8, 4) is 0 Å². The number of nitrogens with one attached hydrogen (secondary N) is 2. The number of anilines is 1. The van der Waals surface area contributed by atoms with E-state index < -0.39 is 7.75 Å². The van der Waals surface area contributed by atoms with Crippen LogP contribution in [0, 0.1) is 0 Å². The molecule has 0 heterocycles. The predicted molar refractivity (Wildman–Crippen MR) is 63.9 cm³/mol. The Kier molecular flexibility index (Phi) is 4.96. The molecule has 0 fully saturated rings. The van der Waals surface area contributed by atoms with Gasteiger partial charge in [0.15, 0.2) is 0 Å². The van der Waals surface area contributed by atoms with Crippen LogP contribution in [0.3, 0.4) is 0 Å². The summed E-state index contributed by atoms with van der Waals surface area (Å²) in [4.78, 5) is 17.2. The maximum Gasteiger partial charge on any atom is 0.417 e. The molecule has 4 N–H and O–H groups in total. The van der Waals surface area contributed by atoms with E-state index in [4.69, 9.17) is 9.79 Å². The summed E-state index contributed by atoms with van der Waals surface area (Å²) in [5.41, 5.74) is 4.31. The zero-order valence-corrected chi connectivity index (χ0v) is 10.1. The number of aryl methyl sites for hydroxylation is 1. The van der Waals surface area contributed by atoms with E-state index >= 15 is 0 Å². The van der Waals surface area contributed by atoms with Crippen molar-refractivity contribution in [3.05, 3.63) is 29.8 Å². The first kappa shape index (κ1) is 13.2. The van der Waals surface area contributed by atoms with Crippen molar-refractivity contribution in [2.24, 2.45) is 0 Å². The highest BCUT2D eigenvalue weighted by Crippen LogP contribution is 2.27. The first-order chi connectivity index (χ1) is 7.51. The zero-order valence-electron chi connectivity index (χ0n) is 9.18. The molecule has 0 atom stereocenters. The Morgan fingerprint density at radius 1 is 1.25 bits per heavy atom. The third kappa shape index (κ3) is 5.28. The van der Waals surface area contributed by atoms with Crippen LogP contribution in [-0.4, -0.2) is 9.79 Å². The number of hydrogen-bond donors (Lipinski definition) is 4. The number of hydrogen-bond acceptors (Lipinski definition) is 2. The molecule has 0 unspecified atom stereocenters. The standard InChI is InChI=1S/C10H17N2O3P/c1-2-3-4-9-5-7-10(8-6-9)11-12-16(13,14)15/h5-8,11H,2-4H2,1H3,(H3,12,13,14,15). The van der Waals surface area contributed by atoms with Gasteiger partial charge in [0.25, 0.3) is 0 Å². The topological polar surface area (TPSA) is 81.6 Å². The van der Waals surface area contributed by atoms with E-state index in [0.717, 1.165) is 19.3 Å². The minimum Gasteiger partial charge on any atom is -0.312 e. The van der Waals surface area contributed by atoms with Gasteiger partial charge in [0.1, 0.15) is 0 Å². The molecule has 0 bridgehead atoms. The summed E-state index contributed by atoms with van der Waals surface area (Å²) in [5, 5.41) is 1.92. The van der Waals surface area contributed by atoms with Gasteiger partial charge in [-0.2, -0.15) is 0 Å². The predicted octanol–water partition coefficient (Wildman–Crippen LogP) is 2.04. The molecule has 0 saturated carbocycles. The molecular formula is C10H17N2O3P. The molecule has 0 aromatic heterocycles. The lowest BCUT2D eigenvalue weighted by Gasteiger charge is -2.09. The molecule has 0 radical (unpaired) electrons. The Morgan fingerprint density at radius 2 is 1.88 bits per heavy atom. The van der Waals surface area contributed by atoms with Gasteiger partial charge >= 0.3 is 7.75 Å². The smallest absolute Gasteiger partial charge is 0.312 e. The first-order valence-electron chi connectivity index (χ1n) is 5.19. The van der Waals surface area contributed by atoms with Crippen molar-refractivity contribution in [2.45, 2.75) is 26.2 Å². The highest BCUT2D eigenvalue weighted by atomic mass is 31.2. The molecule has 0 aliphatic carbocycles. The maximum absolute atomic E-state index is 10.5. The highest BCUT2D eigenvalue weighted by molar-refractivity contribution is 7.49. The van der Waals surface area contributed by atoms with Gasteiger partial charge in [-0.25, -0.2) is 4.57 Å². The summed E-state index contributed by atoms with van der Waals surface area (Å²) < 4.78 is 10.5. The highest BCUT2D eigenvalue weighted by Gasteiger charge is 2.10. The van der Waals surface area contributed by atoms with Crippen molar-refractivity contribution in [1.82, 2.24) is 5.20 Å². The second-order valence-corrected chi connectivity index (χ2v) is 4.89. The minimum absolute atomic E-state index is 0.628. The van der Waals surface area contributed by atoms with Crippen molar-refractivity contribution in [1.29, 1.82) is 0 Å². The number of hydrazine groups is 1. The Hall–Kier alpha value is -0.870. The lowest BCUT2D eigenvalue weighted by Crippen LogP contribution is -2.17. The SMILES string of the molecule is CCCCc1ccc(NNP(=O)(O)O)cc1. The van der Waals surface area contributed by atoms with Gasteiger partial charge in [0, 0.05) is 5.69 Å². The van der Waals surface area contributed by atoms with Gasteiger partial charge in [-0.1, -0.05) is 25.5 Å². The fourth-order valence-corrected chi connectivity index (χ4v) is 1.55. The third-order valence-electron chi connectivity index (χ3n) is 2.12. The van der Waals surface area contributed by atoms with Gasteiger partial charge < -0.3 is 15.2 Å². The molecule has 0 aliphatic rings. The van der Waals surface area contributed by atoms with Crippen molar-refractivity contribution >= 4 is 13.4 Å². The maximum atomic E-state index is 10.5. The average molecular weight is 244 g/mol. The monoisotopic (exact) mass is 244 g/mol. The van der Waals surface area contributed by atoms with Gasteiger partial charge in [0.05, 0.1) is 0 Å². The Morgan fingerprint density at radius 3 is 2.38 bits per heavy atom. The van der Waals surface area contributed by atoms with Crippen LogP contribution in [0.4, 0.5) is 5.69 Å². The largest absolute Gasteiger partial charge is 0.417 e. The Labute approximate surface area is 95.1 Å². The van der Waals surface area contributed by atoms with Gasteiger partial charge in [-0.3, -0.25) is 0 Å². The lowest BCUT2D eigenvalue weighted by molar-refractivity contribution is 0.362. The fourth-order valence-electron chi connectivity index (χ4n) is 1.27. The van der Waals surface area contributed by atoms with E-state index in [2.05, 4.69) is 12.3 Å². The number of unbranched alkanes of at least 4 members (excludes halogenated alkanes) is 1. The molecule has 0 spiro atoms. The summed E-state index contributed by atoms with van der Waals surface area (Å²) in [6, 6.07) is 7.46. The Bertz CT molecular complexity index is 361. The van der Waals surface area contributed by atoms with E-state index in [1.807, 2.05) is 17.3 Å². The minimum atomic E-state index is -4.22. The second kappa shape index (κ2) is 6.01. The van der Waals surface area contributed by atoms with Crippen LogP contribution in [0.25, 0.3) is 0 Å². The average Bonchev–Trinajstić information content (AvgIpc) is 2.24. The molecule has 5 nitrogen and oxygen atoms in total. The van der Waals surface area contributed by atoms with Crippen LogP contribution in [0.2, 0.25) is 0 Å². The first-order valence-corrected chi connectivity index (χ1v) is 6.80. The van der Waals surface area contributed by atoms with Crippen LogP contribution in [-0.2, 0) is 11.0 Å². The molecule has 90 valence electrons. The molecule has 0 saturated heterocycles.